The van der Waals surface area contributed by atoms with Gasteiger partial charge in [0.2, 0.25) is 0 Å². The monoisotopic (exact) mass is 373 g/mol. The van der Waals surface area contributed by atoms with Crippen LogP contribution in [0.5, 0.6) is 0 Å². The zero-order valence-corrected chi connectivity index (χ0v) is 15.4. The Morgan fingerprint density at radius 2 is 2.23 bits per heavy atom. The van der Waals surface area contributed by atoms with E-state index in [9.17, 15) is 9.59 Å². The van der Waals surface area contributed by atoms with Gasteiger partial charge < -0.3 is 15.0 Å². The summed E-state index contributed by atoms with van der Waals surface area (Å²) >= 11 is 1.51. The SMILES string of the molecule is Cc1sc2nc(CCNC(=O)c3n[nH]c4c3COCC4)[nH]c(=O)c2c1C. The van der Waals surface area contributed by atoms with Gasteiger partial charge in [-0.05, 0) is 19.4 Å². The van der Waals surface area contributed by atoms with E-state index in [-0.39, 0.29) is 11.5 Å². The van der Waals surface area contributed by atoms with Gasteiger partial charge in [-0.3, -0.25) is 14.7 Å². The first kappa shape index (κ1) is 16.9. The van der Waals surface area contributed by atoms with Crippen molar-refractivity contribution in [1.29, 1.82) is 0 Å². The number of ether oxygens (including phenoxy) is 1. The fourth-order valence-electron chi connectivity index (χ4n) is 3.10. The van der Waals surface area contributed by atoms with E-state index >= 15 is 0 Å². The molecule has 3 aromatic heterocycles. The highest BCUT2D eigenvalue weighted by Gasteiger charge is 2.22. The van der Waals surface area contributed by atoms with Crippen LogP contribution < -0.4 is 10.9 Å². The number of carbonyl (C=O) groups is 1. The van der Waals surface area contributed by atoms with Crippen molar-refractivity contribution < 1.29 is 9.53 Å². The zero-order valence-electron chi connectivity index (χ0n) is 14.6. The molecule has 1 aliphatic rings. The van der Waals surface area contributed by atoms with Crippen LogP contribution in [0.3, 0.4) is 0 Å². The summed E-state index contributed by atoms with van der Waals surface area (Å²) in [7, 11) is 0. The molecule has 9 heteroatoms. The Balaban J connectivity index is 1.45. The van der Waals surface area contributed by atoms with Gasteiger partial charge in [0.05, 0.1) is 18.6 Å². The van der Waals surface area contributed by atoms with Gasteiger partial charge in [-0.15, -0.1) is 11.3 Å². The molecule has 0 aromatic carbocycles. The Morgan fingerprint density at radius 1 is 1.38 bits per heavy atom. The van der Waals surface area contributed by atoms with Crippen LogP contribution in [0.25, 0.3) is 10.2 Å². The van der Waals surface area contributed by atoms with Crippen molar-refractivity contribution in [2.24, 2.45) is 0 Å². The highest BCUT2D eigenvalue weighted by molar-refractivity contribution is 7.18. The molecule has 1 aliphatic heterocycles. The van der Waals surface area contributed by atoms with Crippen LogP contribution in [0.1, 0.15) is 38.0 Å². The van der Waals surface area contributed by atoms with Crippen LogP contribution in [0.15, 0.2) is 4.79 Å². The number of hydrogen-bond acceptors (Lipinski definition) is 6. The van der Waals surface area contributed by atoms with Crippen LogP contribution in [0.4, 0.5) is 0 Å². The molecule has 0 fully saturated rings. The Bertz CT molecular complexity index is 1050. The number of aromatic nitrogens is 4. The lowest BCUT2D eigenvalue weighted by Gasteiger charge is -2.12. The van der Waals surface area contributed by atoms with Crippen molar-refractivity contribution in [3.05, 3.63) is 43.6 Å². The number of aromatic amines is 2. The van der Waals surface area contributed by atoms with E-state index in [2.05, 4.69) is 25.5 Å². The van der Waals surface area contributed by atoms with E-state index in [4.69, 9.17) is 4.74 Å². The van der Waals surface area contributed by atoms with E-state index in [0.717, 1.165) is 32.9 Å². The number of thiophene rings is 1. The molecule has 136 valence electrons. The number of carbonyl (C=O) groups excluding carboxylic acids is 1. The number of aryl methyl sites for hydroxylation is 2. The molecule has 4 heterocycles. The Labute approximate surface area is 153 Å². The van der Waals surface area contributed by atoms with E-state index in [1.54, 1.807) is 0 Å². The maximum Gasteiger partial charge on any atom is 0.272 e. The van der Waals surface area contributed by atoms with Gasteiger partial charge in [-0.1, -0.05) is 0 Å². The van der Waals surface area contributed by atoms with Gasteiger partial charge in [0.1, 0.15) is 10.7 Å². The van der Waals surface area contributed by atoms with Gasteiger partial charge in [0.25, 0.3) is 11.5 Å². The van der Waals surface area contributed by atoms with E-state index in [0.29, 0.717) is 43.1 Å². The third-order valence-electron chi connectivity index (χ3n) is 4.65. The summed E-state index contributed by atoms with van der Waals surface area (Å²) in [5, 5.41) is 10.5. The topological polar surface area (TPSA) is 113 Å². The summed E-state index contributed by atoms with van der Waals surface area (Å²) in [6.07, 6.45) is 1.18. The van der Waals surface area contributed by atoms with Crippen LogP contribution in [0.2, 0.25) is 0 Å². The fraction of sp³-hybridized carbons (Fsp3) is 0.412. The summed E-state index contributed by atoms with van der Waals surface area (Å²) in [5.41, 5.74) is 3.01. The largest absolute Gasteiger partial charge is 0.376 e. The number of nitrogens with zero attached hydrogens (tertiary/aromatic N) is 2. The normalized spacial score (nSPS) is 13.8. The molecule has 3 aromatic rings. The maximum atomic E-state index is 12.4. The second kappa shape index (κ2) is 6.65. The molecule has 3 N–H and O–H groups in total. The average molecular weight is 373 g/mol. The molecule has 8 nitrogen and oxygen atoms in total. The van der Waals surface area contributed by atoms with Crippen molar-refractivity contribution in [2.75, 3.05) is 13.2 Å². The number of nitrogens with one attached hydrogen (secondary N) is 3. The van der Waals surface area contributed by atoms with Gasteiger partial charge in [0, 0.05) is 35.5 Å². The highest BCUT2D eigenvalue weighted by atomic mass is 32.1. The Hall–Kier alpha value is -2.52. The van der Waals surface area contributed by atoms with Crippen molar-refractivity contribution in [2.45, 2.75) is 33.3 Å². The lowest BCUT2D eigenvalue weighted by atomic mass is 10.1. The first-order chi connectivity index (χ1) is 12.5. The smallest absolute Gasteiger partial charge is 0.272 e. The Kier molecular flexibility index (Phi) is 4.33. The molecule has 4 rings (SSSR count). The molecule has 1 amide bonds. The molecule has 0 aliphatic carbocycles. The molecule has 0 bridgehead atoms. The van der Waals surface area contributed by atoms with Gasteiger partial charge in [-0.2, -0.15) is 5.10 Å². The lowest BCUT2D eigenvalue weighted by Crippen LogP contribution is -2.28. The molecule has 0 atom stereocenters. The average Bonchev–Trinajstić information content (AvgIpc) is 3.16. The first-order valence-electron chi connectivity index (χ1n) is 8.45. The maximum absolute atomic E-state index is 12.4. The molecular formula is C17H19N5O3S. The molecular weight excluding hydrogens is 354 g/mol. The molecule has 0 saturated heterocycles. The van der Waals surface area contributed by atoms with Crippen molar-refractivity contribution in [3.8, 4) is 0 Å². The minimum atomic E-state index is -0.251. The van der Waals surface area contributed by atoms with Crippen molar-refractivity contribution in [3.63, 3.8) is 0 Å². The van der Waals surface area contributed by atoms with E-state index in [1.807, 2.05) is 13.8 Å². The van der Waals surface area contributed by atoms with Gasteiger partial charge >= 0.3 is 0 Å². The van der Waals surface area contributed by atoms with Crippen molar-refractivity contribution in [1.82, 2.24) is 25.5 Å². The van der Waals surface area contributed by atoms with E-state index < -0.39 is 0 Å². The second-order valence-corrected chi connectivity index (χ2v) is 7.52. The number of H-pyrrole nitrogens is 2. The van der Waals surface area contributed by atoms with E-state index in [1.165, 1.54) is 11.3 Å². The first-order valence-corrected chi connectivity index (χ1v) is 9.27. The summed E-state index contributed by atoms with van der Waals surface area (Å²) in [5.74, 6) is 0.315. The standard InChI is InChI=1S/C17H19N5O3S/c1-8-9(2)26-17-13(8)15(23)19-12(20-17)3-5-18-16(24)14-10-7-25-6-4-11(10)21-22-14/h3-7H2,1-2H3,(H,18,24)(H,21,22)(H,19,20,23). The predicted octanol–water partition coefficient (Wildman–Crippen LogP) is 1.37. The zero-order chi connectivity index (χ0) is 18.3. The number of fused-ring (bicyclic) bond motifs is 2. The Morgan fingerprint density at radius 3 is 3.08 bits per heavy atom. The number of amides is 1. The summed E-state index contributed by atoms with van der Waals surface area (Å²) in [4.78, 5) is 33.8. The molecule has 0 unspecified atom stereocenters. The lowest BCUT2D eigenvalue weighted by molar-refractivity contribution is 0.0925. The summed E-state index contributed by atoms with van der Waals surface area (Å²) in [6.45, 7) is 5.31. The van der Waals surface area contributed by atoms with Crippen LogP contribution >= 0.6 is 11.3 Å². The van der Waals surface area contributed by atoms with Gasteiger partial charge in [-0.25, -0.2) is 4.98 Å². The van der Waals surface area contributed by atoms with Gasteiger partial charge in [0.15, 0.2) is 5.69 Å². The quantitative estimate of drug-likeness (QED) is 0.639. The second-order valence-electron chi connectivity index (χ2n) is 6.31. The van der Waals surface area contributed by atoms with Crippen LogP contribution in [-0.4, -0.2) is 39.2 Å². The number of rotatable bonds is 4. The molecule has 0 radical (unpaired) electrons. The highest BCUT2D eigenvalue weighted by Crippen LogP contribution is 2.25. The predicted molar refractivity (Wildman–Crippen MR) is 97.7 cm³/mol. The third kappa shape index (κ3) is 2.93. The minimum absolute atomic E-state index is 0.128. The molecule has 26 heavy (non-hydrogen) atoms. The summed E-state index contributed by atoms with van der Waals surface area (Å²) in [6, 6.07) is 0. The fourth-order valence-corrected chi connectivity index (χ4v) is 4.14. The van der Waals surface area contributed by atoms with Crippen LogP contribution in [-0.2, 0) is 24.2 Å². The van der Waals surface area contributed by atoms with Crippen LogP contribution in [0, 0.1) is 13.8 Å². The van der Waals surface area contributed by atoms with Crippen molar-refractivity contribution >= 4 is 27.5 Å². The summed E-state index contributed by atoms with van der Waals surface area (Å²) < 4.78 is 5.40. The third-order valence-corrected chi connectivity index (χ3v) is 5.75. The number of hydrogen-bond donors (Lipinski definition) is 3. The molecule has 0 saturated carbocycles. The molecule has 0 spiro atoms. The minimum Gasteiger partial charge on any atom is -0.376 e.